The van der Waals surface area contributed by atoms with Crippen molar-refractivity contribution in [3.63, 3.8) is 0 Å². The van der Waals surface area contributed by atoms with Crippen LogP contribution in [0, 0.1) is 0 Å². The molecule has 146 valence electrons. The molecule has 26 heavy (non-hydrogen) atoms. The van der Waals surface area contributed by atoms with Gasteiger partial charge in [0.2, 0.25) is 0 Å². The molecule has 2 heterocycles. The van der Waals surface area contributed by atoms with Crippen LogP contribution >= 0.6 is 11.8 Å². The molecule has 4 unspecified atom stereocenters. The van der Waals surface area contributed by atoms with E-state index >= 15 is 0 Å². The Kier molecular flexibility index (Phi) is 7.34. The van der Waals surface area contributed by atoms with Crippen LogP contribution in [0.25, 0.3) is 0 Å². The van der Waals surface area contributed by atoms with Crippen LogP contribution in [-0.4, -0.2) is 73.3 Å². The summed E-state index contributed by atoms with van der Waals surface area (Å²) < 4.78 is 10.8. The lowest BCUT2D eigenvalue weighted by Crippen LogP contribution is -2.40. The number of thioether (sulfide) groups is 1. The van der Waals surface area contributed by atoms with Gasteiger partial charge in [0.1, 0.15) is 18.3 Å². The van der Waals surface area contributed by atoms with E-state index in [0.717, 1.165) is 16.4 Å². The summed E-state index contributed by atoms with van der Waals surface area (Å²) in [7, 11) is 0. The van der Waals surface area contributed by atoms with Crippen molar-refractivity contribution >= 4 is 17.7 Å². The lowest BCUT2D eigenvalue weighted by atomic mass is 10.1. The van der Waals surface area contributed by atoms with Gasteiger partial charge in [-0.3, -0.25) is 14.6 Å². The number of aromatic amines is 1. The molecular formula is C14H21N3O8S. The smallest absolute Gasteiger partial charge is 0.347 e. The molecule has 1 saturated heterocycles. The highest BCUT2D eigenvalue weighted by Crippen LogP contribution is 2.27. The van der Waals surface area contributed by atoms with Crippen molar-refractivity contribution in [3.8, 4) is 0 Å². The van der Waals surface area contributed by atoms with Crippen molar-refractivity contribution < 1.29 is 29.6 Å². The van der Waals surface area contributed by atoms with Gasteiger partial charge >= 0.3 is 11.7 Å². The van der Waals surface area contributed by atoms with Crippen LogP contribution < -0.4 is 11.2 Å². The molecule has 4 N–H and O–H groups in total. The van der Waals surface area contributed by atoms with Crippen molar-refractivity contribution in [3.05, 3.63) is 20.8 Å². The maximum atomic E-state index is 12.0. The second-order valence-corrected chi connectivity index (χ2v) is 6.58. The fraction of sp³-hybridized carbons (Fsp3) is 0.714. The molecule has 0 bridgehead atoms. The normalized spacial score (nSPS) is 25.4. The molecule has 2 rings (SSSR count). The van der Waals surface area contributed by atoms with Gasteiger partial charge in [0.15, 0.2) is 11.3 Å². The fourth-order valence-corrected chi connectivity index (χ4v) is 3.17. The maximum absolute atomic E-state index is 12.0. The van der Waals surface area contributed by atoms with Crippen molar-refractivity contribution in [1.29, 1.82) is 0 Å². The van der Waals surface area contributed by atoms with Crippen LogP contribution in [-0.2, 0) is 14.3 Å². The summed E-state index contributed by atoms with van der Waals surface area (Å²) >= 11 is 1.03. The summed E-state index contributed by atoms with van der Waals surface area (Å²) in [5.74, 6) is 0.0368. The minimum Gasteiger partial charge on any atom is -0.466 e. The molecule has 1 aliphatic heterocycles. The van der Waals surface area contributed by atoms with Gasteiger partial charge in [0.25, 0.3) is 5.56 Å². The molecular weight excluding hydrogens is 370 g/mol. The summed E-state index contributed by atoms with van der Waals surface area (Å²) in [6, 6.07) is 0. The number of H-pyrrole nitrogens is 1. The third kappa shape index (κ3) is 4.71. The van der Waals surface area contributed by atoms with E-state index < -0.39 is 42.4 Å². The zero-order valence-electron chi connectivity index (χ0n) is 14.0. The minimum absolute atomic E-state index is 0.0498. The zero-order valence-corrected chi connectivity index (χ0v) is 14.8. The quantitative estimate of drug-likeness (QED) is 0.221. The molecule has 0 saturated carbocycles. The monoisotopic (exact) mass is 391 g/mol. The van der Waals surface area contributed by atoms with Crippen molar-refractivity contribution in [2.75, 3.05) is 19.0 Å². The van der Waals surface area contributed by atoms with Gasteiger partial charge in [-0.2, -0.15) is 9.78 Å². The van der Waals surface area contributed by atoms with Crippen LogP contribution in [0.4, 0.5) is 0 Å². The molecule has 0 aromatic carbocycles. The van der Waals surface area contributed by atoms with Gasteiger partial charge < -0.3 is 24.8 Å². The lowest BCUT2D eigenvalue weighted by Gasteiger charge is -2.16. The van der Waals surface area contributed by atoms with Crippen LogP contribution in [0.3, 0.4) is 0 Å². The number of aliphatic hydroxyl groups is 3. The van der Waals surface area contributed by atoms with Gasteiger partial charge in [-0.15, -0.1) is 0 Å². The van der Waals surface area contributed by atoms with E-state index in [1.54, 1.807) is 6.92 Å². The molecule has 12 heteroatoms. The third-order valence-electron chi connectivity index (χ3n) is 3.65. The summed E-state index contributed by atoms with van der Waals surface area (Å²) in [5.41, 5.74) is -1.63. The van der Waals surface area contributed by atoms with Gasteiger partial charge in [0, 0.05) is 12.2 Å². The Morgan fingerprint density at radius 2 is 2.12 bits per heavy atom. The number of hydrogen-bond donors (Lipinski definition) is 4. The van der Waals surface area contributed by atoms with Crippen LogP contribution in [0.5, 0.6) is 0 Å². The minimum atomic E-state index is -1.50. The van der Waals surface area contributed by atoms with Gasteiger partial charge in [0.05, 0.1) is 13.2 Å². The standard InChI is InChI=1S/C14H21N3O8S/c1-2-24-8(19)4-3-5-26-12-11(22)15-14(23)17(16-12)13-10(21)9(20)7(6-18)25-13/h7,9-10,13,18,20-21H,2-6H2,1H3,(H,15,22,23). The van der Waals surface area contributed by atoms with E-state index in [0.29, 0.717) is 18.8 Å². The first-order valence-corrected chi connectivity index (χ1v) is 9.01. The first kappa shape index (κ1) is 20.6. The second-order valence-electron chi connectivity index (χ2n) is 5.49. The molecule has 1 aromatic rings. The predicted octanol–water partition coefficient (Wildman–Crippen LogP) is -2.02. The topological polar surface area (TPSA) is 164 Å². The summed E-state index contributed by atoms with van der Waals surface area (Å²) in [6.07, 6.45) is -4.68. The molecule has 4 atom stereocenters. The number of esters is 1. The summed E-state index contributed by atoms with van der Waals surface area (Å²) in [4.78, 5) is 37.2. The van der Waals surface area contributed by atoms with Crippen molar-refractivity contribution in [2.24, 2.45) is 0 Å². The Balaban J connectivity index is 2.08. The molecule has 1 aromatic heterocycles. The Morgan fingerprint density at radius 1 is 1.38 bits per heavy atom. The Hall–Kier alpha value is -1.73. The highest BCUT2D eigenvalue weighted by atomic mass is 32.2. The zero-order chi connectivity index (χ0) is 19.3. The van der Waals surface area contributed by atoms with E-state index in [2.05, 4.69) is 10.1 Å². The number of aromatic nitrogens is 3. The molecule has 1 aliphatic rings. The van der Waals surface area contributed by atoms with E-state index in [1.165, 1.54) is 0 Å². The fourth-order valence-electron chi connectivity index (χ4n) is 2.36. The number of ether oxygens (including phenoxy) is 2. The largest absolute Gasteiger partial charge is 0.466 e. The van der Waals surface area contributed by atoms with Crippen LogP contribution in [0.2, 0.25) is 0 Å². The SMILES string of the molecule is CCOC(=O)CCCSc1nn(C2OC(CO)C(O)C2O)c(=O)[nH]c1=O. The molecule has 0 amide bonds. The van der Waals surface area contributed by atoms with Gasteiger partial charge in [-0.1, -0.05) is 11.8 Å². The molecule has 0 radical (unpaired) electrons. The number of carbonyl (C=O) groups excluding carboxylic acids is 1. The first-order chi connectivity index (χ1) is 12.4. The predicted molar refractivity (Wildman–Crippen MR) is 88.7 cm³/mol. The Morgan fingerprint density at radius 3 is 2.73 bits per heavy atom. The first-order valence-electron chi connectivity index (χ1n) is 8.03. The third-order valence-corrected chi connectivity index (χ3v) is 4.68. The number of nitrogens with one attached hydrogen (secondary N) is 1. The maximum Gasteiger partial charge on any atom is 0.347 e. The summed E-state index contributed by atoms with van der Waals surface area (Å²) in [6.45, 7) is 1.45. The number of aliphatic hydroxyl groups excluding tert-OH is 3. The Bertz CT molecular complexity index is 736. The number of nitrogens with zero attached hydrogens (tertiary/aromatic N) is 2. The lowest BCUT2D eigenvalue weighted by molar-refractivity contribution is -0.143. The number of carbonyl (C=O) groups is 1. The average molecular weight is 391 g/mol. The van der Waals surface area contributed by atoms with E-state index in [1.807, 2.05) is 0 Å². The van der Waals surface area contributed by atoms with Crippen molar-refractivity contribution in [1.82, 2.24) is 14.8 Å². The highest BCUT2D eigenvalue weighted by molar-refractivity contribution is 7.99. The summed E-state index contributed by atoms with van der Waals surface area (Å²) in [5, 5.41) is 32.7. The average Bonchev–Trinajstić information content (AvgIpc) is 2.88. The van der Waals surface area contributed by atoms with Crippen molar-refractivity contribution in [2.45, 2.75) is 49.3 Å². The highest BCUT2D eigenvalue weighted by Gasteiger charge is 2.44. The molecule has 0 aliphatic carbocycles. The van der Waals surface area contributed by atoms with Gasteiger partial charge in [-0.05, 0) is 13.3 Å². The van der Waals surface area contributed by atoms with E-state index in [-0.39, 0.29) is 17.4 Å². The molecule has 11 nitrogen and oxygen atoms in total. The number of hydrogen-bond acceptors (Lipinski definition) is 10. The second kappa shape index (κ2) is 9.28. The van der Waals surface area contributed by atoms with Crippen LogP contribution in [0.1, 0.15) is 26.0 Å². The van der Waals surface area contributed by atoms with E-state index in [9.17, 15) is 24.6 Å². The van der Waals surface area contributed by atoms with E-state index in [4.69, 9.17) is 14.6 Å². The molecule has 1 fully saturated rings. The van der Waals surface area contributed by atoms with Gasteiger partial charge in [-0.25, -0.2) is 4.79 Å². The number of rotatable bonds is 8. The Labute approximate surface area is 151 Å². The van der Waals surface area contributed by atoms with Crippen LogP contribution in [0.15, 0.2) is 14.6 Å². The molecule has 0 spiro atoms.